The Kier molecular flexibility index (Phi) is 3.19. The van der Waals surface area contributed by atoms with Gasteiger partial charge in [0.05, 0.1) is 18.1 Å². The molecule has 1 saturated heterocycles. The van der Waals surface area contributed by atoms with Gasteiger partial charge < -0.3 is 9.84 Å². The lowest BCUT2D eigenvalue weighted by Gasteiger charge is -2.35. The Labute approximate surface area is 84.4 Å². The third-order valence-corrected chi connectivity index (χ3v) is 3.32. The minimum Gasteiger partial charge on any atom is -0.392 e. The Morgan fingerprint density at radius 2 is 2.07 bits per heavy atom. The molecule has 3 atom stereocenters. The zero-order chi connectivity index (χ0) is 9.97. The van der Waals surface area contributed by atoms with E-state index in [4.69, 9.17) is 4.74 Å². The molecule has 0 amide bonds. The number of aliphatic hydroxyl groups excluding tert-OH is 1. The van der Waals surface area contributed by atoms with Crippen LogP contribution in [0, 0.1) is 5.92 Å². The Balaban J connectivity index is 2.01. The van der Waals surface area contributed by atoms with E-state index in [2.05, 4.69) is 0 Å². The minimum absolute atomic E-state index is 0.00782. The van der Waals surface area contributed by atoms with E-state index in [-0.39, 0.29) is 17.8 Å². The van der Waals surface area contributed by atoms with Crippen molar-refractivity contribution in [3.63, 3.8) is 0 Å². The van der Waals surface area contributed by atoms with Crippen molar-refractivity contribution in [2.24, 2.45) is 5.92 Å². The molecule has 3 nitrogen and oxygen atoms in total. The summed E-state index contributed by atoms with van der Waals surface area (Å²) in [6.45, 7) is 0.751. The normalized spacial score (nSPS) is 39.8. The third kappa shape index (κ3) is 1.98. The van der Waals surface area contributed by atoms with E-state index in [1.807, 2.05) is 0 Å². The summed E-state index contributed by atoms with van der Waals surface area (Å²) in [6, 6.07) is 0. The van der Waals surface area contributed by atoms with Gasteiger partial charge in [-0.15, -0.1) is 0 Å². The van der Waals surface area contributed by atoms with Gasteiger partial charge in [0.15, 0.2) is 0 Å². The second kappa shape index (κ2) is 4.41. The van der Waals surface area contributed by atoms with Gasteiger partial charge in [0.1, 0.15) is 5.78 Å². The number of hydrogen-bond donors (Lipinski definition) is 1. The Morgan fingerprint density at radius 1 is 1.21 bits per heavy atom. The van der Waals surface area contributed by atoms with Crippen molar-refractivity contribution in [2.75, 3.05) is 6.61 Å². The van der Waals surface area contributed by atoms with Gasteiger partial charge in [-0.1, -0.05) is 0 Å². The van der Waals surface area contributed by atoms with Crippen molar-refractivity contribution < 1.29 is 14.6 Å². The first-order chi connectivity index (χ1) is 6.79. The van der Waals surface area contributed by atoms with Crippen LogP contribution in [-0.2, 0) is 9.53 Å². The van der Waals surface area contributed by atoms with E-state index >= 15 is 0 Å². The summed E-state index contributed by atoms with van der Waals surface area (Å²) in [7, 11) is 0. The molecule has 0 aromatic carbocycles. The molecule has 2 aliphatic rings. The lowest BCUT2D eigenvalue weighted by Crippen LogP contribution is -2.43. The van der Waals surface area contributed by atoms with Crippen LogP contribution in [0.3, 0.4) is 0 Å². The van der Waals surface area contributed by atoms with Crippen LogP contribution in [0.2, 0.25) is 0 Å². The average molecular weight is 198 g/mol. The highest BCUT2D eigenvalue weighted by Gasteiger charge is 2.37. The fourth-order valence-electron chi connectivity index (χ4n) is 2.55. The highest BCUT2D eigenvalue weighted by atomic mass is 16.5. The summed E-state index contributed by atoms with van der Waals surface area (Å²) in [5, 5.41) is 9.79. The zero-order valence-corrected chi connectivity index (χ0v) is 8.45. The molecule has 2 fully saturated rings. The molecule has 3 heteroatoms. The molecule has 0 aromatic heterocycles. The molecule has 1 saturated carbocycles. The maximum Gasteiger partial charge on any atom is 0.141 e. The van der Waals surface area contributed by atoms with Crippen molar-refractivity contribution in [3.8, 4) is 0 Å². The summed E-state index contributed by atoms with van der Waals surface area (Å²) in [5.41, 5.74) is 0. The third-order valence-electron chi connectivity index (χ3n) is 3.32. The maximum atomic E-state index is 11.7. The number of ether oxygens (including phenoxy) is 1. The summed E-state index contributed by atoms with van der Waals surface area (Å²) < 4.78 is 5.58. The van der Waals surface area contributed by atoms with Crippen molar-refractivity contribution >= 4 is 5.78 Å². The van der Waals surface area contributed by atoms with E-state index in [0.717, 1.165) is 38.7 Å². The van der Waals surface area contributed by atoms with Gasteiger partial charge in [-0.25, -0.2) is 0 Å². The fraction of sp³-hybridized carbons (Fsp3) is 0.909. The Morgan fingerprint density at radius 3 is 2.71 bits per heavy atom. The number of rotatable bonds is 1. The second-order valence-corrected chi connectivity index (χ2v) is 4.36. The van der Waals surface area contributed by atoms with Crippen LogP contribution in [0.5, 0.6) is 0 Å². The number of hydrogen-bond acceptors (Lipinski definition) is 3. The van der Waals surface area contributed by atoms with Crippen LogP contribution in [0.1, 0.15) is 38.5 Å². The lowest BCUT2D eigenvalue weighted by atomic mass is 9.79. The summed E-state index contributed by atoms with van der Waals surface area (Å²) in [5.74, 6) is -0.0281. The van der Waals surface area contributed by atoms with Gasteiger partial charge in [0, 0.05) is 13.0 Å². The summed E-state index contributed by atoms with van der Waals surface area (Å²) >= 11 is 0. The fourth-order valence-corrected chi connectivity index (χ4v) is 2.55. The monoisotopic (exact) mass is 198 g/mol. The first-order valence-electron chi connectivity index (χ1n) is 5.61. The standard InChI is InChI=1S/C11H18O3/c12-8-4-3-5-9(13)11(8)10-6-1-2-7-14-10/h8,10-12H,1-7H2. The number of aliphatic hydroxyl groups is 1. The largest absolute Gasteiger partial charge is 0.392 e. The predicted molar refractivity (Wildman–Crippen MR) is 51.9 cm³/mol. The van der Waals surface area contributed by atoms with Gasteiger partial charge in [-0.2, -0.15) is 0 Å². The van der Waals surface area contributed by atoms with Crippen LogP contribution >= 0.6 is 0 Å². The van der Waals surface area contributed by atoms with Gasteiger partial charge in [-0.05, 0) is 32.1 Å². The molecule has 3 unspecified atom stereocenters. The van der Waals surface area contributed by atoms with Crippen LogP contribution in [0.15, 0.2) is 0 Å². The van der Waals surface area contributed by atoms with E-state index < -0.39 is 6.10 Å². The molecule has 0 spiro atoms. The molecule has 1 N–H and O–H groups in total. The molecule has 0 bridgehead atoms. The first kappa shape index (κ1) is 10.1. The van der Waals surface area contributed by atoms with Crippen LogP contribution in [0.4, 0.5) is 0 Å². The Bertz CT molecular complexity index is 209. The van der Waals surface area contributed by atoms with Crippen molar-refractivity contribution in [2.45, 2.75) is 50.7 Å². The average Bonchev–Trinajstić information content (AvgIpc) is 2.19. The highest BCUT2D eigenvalue weighted by molar-refractivity contribution is 5.82. The van der Waals surface area contributed by atoms with E-state index in [1.165, 1.54) is 0 Å². The molecular weight excluding hydrogens is 180 g/mol. The number of carbonyl (C=O) groups is 1. The number of Topliss-reactive ketones (excluding diaryl/α,β-unsaturated/α-hetero) is 1. The number of ketones is 1. The SMILES string of the molecule is O=C1CCCC(O)C1C1CCCCO1. The Hall–Kier alpha value is -0.410. The molecule has 80 valence electrons. The lowest BCUT2D eigenvalue weighted by molar-refractivity contribution is -0.141. The van der Waals surface area contributed by atoms with Crippen LogP contribution in [0.25, 0.3) is 0 Å². The van der Waals surface area contributed by atoms with E-state index in [1.54, 1.807) is 0 Å². The minimum atomic E-state index is -0.459. The molecule has 0 aromatic rings. The zero-order valence-electron chi connectivity index (χ0n) is 8.45. The molecular formula is C11H18O3. The van der Waals surface area contributed by atoms with Crippen molar-refractivity contribution in [1.82, 2.24) is 0 Å². The van der Waals surface area contributed by atoms with E-state index in [0.29, 0.717) is 6.42 Å². The first-order valence-corrected chi connectivity index (χ1v) is 5.61. The topological polar surface area (TPSA) is 46.5 Å². The molecule has 1 aliphatic heterocycles. The molecule has 1 heterocycles. The van der Waals surface area contributed by atoms with Gasteiger partial charge >= 0.3 is 0 Å². The van der Waals surface area contributed by atoms with Gasteiger partial charge in [-0.3, -0.25) is 4.79 Å². The van der Waals surface area contributed by atoms with Crippen LogP contribution < -0.4 is 0 Å². The smallest absolute Gasteiger partial charge is 0.141 e. The van der Waals surface area contributed by atoms with E-state index in [9.17, 15) is 9.90 Å². The van der Waals surface area contributed by atoms with Gasteiger partial charge in [0.25, 0.3) is 0 Å². The molecule has 0 radical (unpaired) electrons. The molecule has 14 heavy (non-hydrogen) atoms. The predicted octanol–water partition coefficient (Wildman–Crippen LogP) is 1.29. The summed E-state index contributed by atoms with van der Waals surface area (Å²) in [6.07, 6.45) is 4.91. The second-order valence-electron chi connectivity index (χ2n) is 4.36. The molecule has 1 aliphatic carbocycles. The highest BCUT2D eigenvalue weighted by Crippen LogP contribution is 2.30. The maximum absolute atomic E-state index is 11.7. The number of carbonyl (C=O) groups excluding carboxylic acids is 1. The quantitative estimate of drug-likeness (QED) is 0.690. The van der Waals surface area contributed by atoms with Crippen molar-refractivity contribution in [3.05, 3.63) is 0 Å². The van der Waals surface area contributed by atoms with Crippen molar-refractivity contribution in [1.29, 1.82) is 0 Å². The molecule has 2 rings (SSSR count). The summed E-state index contributed by atoms with van der Waals surface area (Å²) in [4.78, 5) is 11.7. The van der Waals surface area contributed by atoms with Crippen LogP contribution in [-0.4, -0.2) is 29.7 Å². The van der Waals surface area contributed by atoms with Gasteiger partial charge in [0.2, 0.25) is 0 Å².